The Labute approximate surface area is 133 Å². The molecule has 0 aliphatic rings. The van der Waals surface area contributed by atoms with E-state index in [1.54, 1.807) is 27.3 Å². The Bertz CT molecular complexity index is 934. The van der Waals surface area contributed by atoms with Gasteiger partial charge in [0.25, 0.3) is 0 Å². The van der Waals surface area contributed by atoms with Gasteiger partial charge in [-0.3, -0.25) is 4.57 Å². The molecular weight excluding hydrogens is 294 g/mol. The molecule has 23 heavy (non-hydrogen) atoms. The molecule has 2 aromatic carbocycles. The van der Waals surface area contributed by atoms with E-state index in [-0.39, 0.29) is 5.76 Å². The Kier molecular flexibility index (Phi) is 3.93. The Hall–Kier alpha value is -2.95. The van der Waals surface area contributed by atoms with Crippen LogP contribution in [0.3, 0.4) is 0 Å². The molecule has 0 fully saturated rings. The van der Waals surface area contributed by atoms with Gasteiger partial charge in [0, 0.05) is 7.05 Å². The molecule has 0 radical (unpaired) electrons. The van der Waals surface area contributed by atoms with E-state index < -0.39 is 0 Å². The van der Waals surface area contributed by atoms with Gasteiger partial charge in [-0.25, -0.2) is 4.79 Å². The summed E-state index contributed by atoms with van der Waals surface area (Å²) in [4.78, 5) is 11.5. The van der Waals surface area contributed by atoms with Gasteiger partial charge in [-0.05, 0) is 35.4 Å². The number of nitrogens with zero attached hydrogens (tertiary/aromatic N) is 1. The molecule has 118 valence electrons. The molecule has 5 nitrogen and oxygen atoms in total. The molecule has 3 aromatic rings. The molecule has 0 amide bonds. The molecule has 0 N–H and O–H groups in total. The van der Waals surface area contributed by atoms with Gasteiger partial charge in [0.05, 0.1) is 19.7 Å². The number of aromatic nitrogens is 1. The number of hydrogen-bond donors (Lipinski definition) is 0. The highest BCUT2D eigenvalue weighted by Gasteiger charge is 2.06. The lowest BCUT2D eigenvalue weighted by molar-refractivity contribution is 0.355. The number of oxazole rings is 1. The number of benzene rings is 2. The van der Waals surface area contributed by atoms with Gasteiger partial charge in [-0.2, -0.15) is 0 Å². The van der Waals surface area contributed by atoms with Crippen LogP contribution in [0.15, 0.2) is 45.6 Å². The summed E-state index contributed by atoms with van der Waals surface area (Å²) >= 11 is 0. The molecule has 0 aliphatic carbocycles. The highest BCUT2D eigenvalue weighted by molar-refractivity contribution is 5.79. The maximum atomic E-state index is 11.5. The molecule has 0 saturated heterocycles. The quantitative estimate of drug-likeness (QED) is 0.694. The van der Waals surface area contributed by atoms with E-state index in [0.29, 0.717) is 17.1 Å². The standard InChI is InChI=1S/C18H17NO4/c1-19-14-10-12(6-8-15(14)23-18(19)20)4-5-13-7-9-16(21-2)17(11-13)22-3/h4-11H,1-3H3/b5-4-. The van der Waals surface area contributed by atoms with Crippen LogP contribution in [-0.4, -0.2) is 18.8 Å². The minimum atomic E-state index is -0.360. The zero-order chi connectivity index (χ0) is 16.4. The summed E-state index contributed by atoms with van der Waals surface area (Å²) in [6.07, 6.45) is 3.94. The lowest BCUT2D eigenvalue weighted by Crippen LogP contribution is -2.08. The number of fused-ring (bicyclic) bond motifs is 1. The molecule has 3 rings (SSSR count). The van der Waals surface area contributed by atoms with Crippen LogP contribution >= 0.6 is 0 Å². The fourth-order valence-electron chi connectivity index (χ4n) is 2.40. The van der Waals surface area contributed by atoms with Crippen molar-refractivity contribution in [2.24, 2.45) is 7.05 Å². The van der Waals surface area contributed by atoms with Crippen LogP contribution in [0.25, 0.3) is 23.3 Å². The summed E-state index contributed by atoms with van der Waals surface area (Å²) in [5.41, 5.74) is 3.32. The van der Waals surface area contributed by atoms with E-state index in [4.69, 9.17) is 13.9 Å². The van der Waals surface area contributed by atoms with Crippen LogP contribution in [0.1, 0.15) is 11.1 Å². The topological polar surface area (TPSA) is 53.6 Å². The molecule has 0 atom stereocenters. The predicted molar refractivity (Wildman–Crippen MR) is 89.9 cm³/mol. The van der Waals surface area contributed by atoms with Gasteiger partial charge in [-0.1, -0.05) is 24.3 Å². The summed E-state index contributed by atoms with van der Waals surface area (Å²) in [7, 11) is 4.91. The Morgan fingerprint density at radius 2 is 1.61 bits per heavy atom. The third-order valence-electron chi connectivity index (χ3n) is 3.69. The van der Waals surface area contributed by atoms with E-state index >= 15 is 0 Å². The number of rotatable bonds is 4. The zero-order valence-electron chi connectivity index (χ0n) is 13.2. The van der Waals surface area contributed by atoms with Gasteiger partial charge in [0.2, 0.25) is 0 Å². The van der Waals surface area contributed by atoms with Crippen molar-refractivity contribution in [2.75, 3.05) is 14.2 Å². The minimum Gasteiger partial charge on any atom is -0.493 e. The predicted octanol–water partition coefficient (Wildman–Crippen LogP) is 3.32. The number of aryl methyl sites for hydroxylation is 1. The Morgan fingerprint density at radius 1 is 0.957 bits per heavy atom. The van der Waals surface area contributed by atoms with Crippen molar-refractivity contribution in [3.8, 4) is 11.5 Å². The van der Waals surface area contributed by atoms with Gasteiger partial charge in [-0.15, -0.1) is 0 Å². The molecule has 1 aromatic heterocycles. The second-order valence-electron chi connectivity index (χ2n) is 5.10. The van der Waals surface area contributed by atoms with Crippen molar-refractivity contribution < 1.29 is 13.9 Å². The largest absolute Gasteiger partial charge is 0.493 e. The van der Waals surface area contributed by atoms with Gasteiger partial charge in [0.1, 0.15) is 0 Å². The van der Waals surface area contributed by atoms with E-state index in [1.165, 1.54) is 4.57 Å². The Balaban J connectivity index is 1.93. The Morgan fingerprint density at radius 3 is 2.30 bits per heavy atom. The monoisotopic (exact) mass is 311 g/mol. The zero-order valence-corrected chi connectivity index (χ0v) is 13.2. The average Bonchev–Trinajstić information content (AvgIpc) is 2.87. The number of methoxy groups -OCH3 is 2. The summed E-state index contributed by atoms with van der Waals surface area (Å²) in [6, 6.07) is 11.3. The molecule has 0 bridgehead atoms. The van der Waals surface area contributed by atoms with Crippen LogP contribution < -0.4 is 15.2 Å². The van der Waals surface area contributed by atoms with Crippen molar-refractivity contribution >= 4 is 23.3 Å². The van der Waals surface area contributed by atoms with Crippen molar-refractivity contribution in [2.45, 2.75) is 0 Å². The third-order valence-corrected chi connectivity index (χ3v) is 3.69. The molecule has 0 spiro atoms. The van der Waals surface area contributed by atoms with Crippen LogP contribution in [0.4, 0.5) is 0 Å². The first kappa shape index (κ1) is 15.0. The first-order valence-corrected chi connectivity index (χ1v) is 7.12. The third kappa shape index (κ3) is 2.85. The van der Waals surface area contributed by atoms with E-state index in [2.05, 4.69) is 0 Å². The molecular formula is C18H17NO4. The van der Waals surface area contributed by atoms with Crippen LogP contribution in [0.2, 0.25) is 0 Å². The number of ether oxygens (including phenoxy) is 2. The van der Waals surface area contributed by atoms with Crippen molar-refractivity contribution in [1.29, 1.82) is 0 Å². The molecule has 0 saturated carbocycles. The number of hydrogen-bond acceptors (Lipinski definition) is 4. The lowest BCUT2D eigenvalue weighted by Gasteiger charge is -2.07. The van der Waals surface area contributed by atoms with Gasteiger partial charge < -0.3 is 13.9 Å². The van der Waals surface area contributed by atoms with E-state index in [9.17, 15) is 4.79 Å². The molecule has 0 aliphatic heterocycles. The molecule has 5 heteroatoms. The molecule has 1 heterocycles. The maximum Gasteiger partial charge on any atom is 0.419 e. The first-order valence-electron chi connectivity index (χ1n) is 7.12. The van der Waals surface area contributed by atoms with Crippen LogP contribution in [0, 0.1) is 0 Å². The highest BCUT2D eigenvalue weighted by atomic mass is 16.5. The van der Waals surface area contributed by atoms with Crippen molar-refractivity contribution in [1.82, 2.24) is 4.57 Å². The fourth-order valence-corrected chi connectivity index (χ4v) is 2.40. The highest BCUT2D eigenvalue weighted by Crippen LogP contribution is 2.28. The SMILES string of the molecule is COc1ccc(/C=C\c2ccc3oc(=O)n(C)c3c2)cc1OC. The smallest absolute Gasteiger partial charge is 0.419 e. The van der Waals surface area contributed by atoms with Gasteiger partial charge >= 0.3 is 5.76 Å². The lowest BCUT2D eigenvalue weighted by atomic mass is 10.1. The minimum absolute atomic E-state index is 0.360. The van der Waals surface area contributed by atoms with E-state index in [0.717, 1.165) is 16.6 Å². The second-order valence-corrected chi connectivity index (χ2v) is 5.10. The fraction of sp³-hybridized carbons (Fsp3) is 0.167. The van der Waals surface area contributed by atoms with Crippen molar-refractivity contribution in [3.63, 3.8) is 0 Å². The normalized spacial score (nSPS) is 11.3. The van der Waals surface area contributed by atoms with Crippen LogP contribution in [0.5, 0.6) is 11.5 Å². The first-order chi connectivity index (χ1) is 11.1. The summed E-state index contributed by atoms with van der Waals surface area (Å²) in [5, 5.41) is 0. The maximum absolute atomic E-state index is 11.5. The summed E-state index contributed by atoms with van der Waals surface area (Å²) in [6.45, 7) is 0. The summed E-state index contributed by atoms with van der Waals surface area (Å²) in [5.74, 6) is 1.02. The summed E-state index contributed by atoms with van der Waals surface area (Å²) < 4.78 is 17.1. The van der Waals surface area contributed by atoms with Gasteiger partial charge in [0.15, 0.2) is 17.1 Å². The molecule has 0 unspecified atom stereocenters. The second kappa shape index (κ2) is 6.04. The van der Waals surface area contributed by atoms with Crippen LogP contribution in [-0.2, 0) is 7.05 Å². The average molecular weight is 311 g/mol. The van der Waals surface area contributed by atoms with E-state index in [1.807, 2.05) is 42.5 Å². The van der Waals surface area contributed by atoms with Crippen molar-refractivity contribution in [3.05, 3.63) is 58.1 Å².